The monoisotopic (exact) mass is 278 g/mol. The Kier molecular flexibility index (Phi) is 3.27. The number of nitrogens with zero attached hydrogens (tertiary/aromatic N) is 1. The smallest absolute Gasteiger partial charge is 0.242 e. The molecule has 3 rings (SSSR count). The third-order valence-electron chi connectivity index (χ3n) is 4.26. The van der Waals surface area contributed by atoms with E-state index in [1.54, 1.807) is 0 Å². The molecule has 0 bridgehead atoms. The Balaban J connectivity index is 1.71. The Morgan fingerprint density at radius 1 is 1.32 bits per heavy atom. The fourth-order valence-electron chi connectivity index (χ4n) is 2.83. The molecule has 4 heteroatoms. The number of halogens is 1. The van der Waals surface area contributed by atoms with Gasteiger partial charge < -0.3 is 10.6 Å². The van der Waals surface area contributed by atoms with Gasteiger partial charge in [0.1, 0.15) is 0 Å². The van der Waals surface area contributed by atoms with Crippen LogP contribution in [0.1, 0.15) is 37.2 Å². The van der Waals surface area contributed by atoms with E-state index in [1.165, 1.54) is 5.56 Å². The molecule has 0 spiro atoms. The highest BCUT2D eigenvalue weighted by atomic mass is 35.5. The number of rotatable bonds is 2. The van der Waals surface area contributed by atoms with E-state index in [1.807, 2.05) is 17.0 Å². The fraction of sp³-hybridized carbons (Fsp3) is 0.533. The maximum Gasteiger partial charge on any atom is 0.242 e. The molecule has 1 aliphatic heterocycles. The van der Waals surface area contributed by atoms with Crippen molar-refractivity contribution in [2.24, 2.45) is 5.73 Å². The predicted molar refractivity (Wildman–Crippen MR) is 76.2 cm³/mol. The molecule has 1 amide bonds. The first-order valence-corrected chi connectivity index (χ1v) is 7.30. The van der Waals surface area contributed by atoms with Gasteiger partial charge in [-0.1, -0.05) is 23.7 Å². The van der Waals surface area contributed by atoms with Crippen LogP contribution in [-0.4, -0.2) is 29.4 Å². The number of piperidine rings is 1. The average molecular weight is 279 g/mol. The summed E-state index contributed by atoms with van der Waals surface area (Å²) >= 11 is 5.92. The van der Waals surface area contributed by atoms with Crippen molar-refractivity contribution in [3.63, 3.8) is 0 Å². The highest BCUT2D eigenvalue weighted by Gasteiger charge is 2.48. The highest BCUT2D eigenvalue weighted by Crippen LogP contribution is 2.36. The molecule has 1 atom stereocenters. The number of hydrogen-bond acceptors (Lipinski definition) is 2. The fourth-order valence-corrected chi connectivity index (χ4v) is 2.96. The first-order valence-electron chi connectivity index (χ1n) is 6.92. The Labute approximate surface area is 118 Å². The second-order valence-electron chi connectivity index (χ2n) is 5.80. The van der Waals surface area contributed by atoms with Gasteiger partial charge in [-0.15, -0.1) is 0 Å². The minimum absolute atomic E-state index is 0.145. The normalized spacial score (nSPS) is 25.2. The lowest BCUT2D eigenvalue weighted by Crippen LogP contribution is -2.49. The molecular formula is C15H19ClN2O. The van der Waals surface area contributed by atoms with Crippen LogP contribution in [0.5, 0.6) is 0 Å². The van der Waals surface area contributed by atoms with E-state index in [-0.39, 0.29) is 5.91 Å². The molecule has 1 heterocycles. The lowest BCUT2D eigenvalue weighted by molar-refractivity contribution is -0.134. The van der Waals surface area contributed by atoms with Crippen molar-refractivity contribution in [3.05, 3.63) is 34.9 Å². The molecule has 2 aliphatic rings. The summed E-state index contributed by atoms with van der Waals surface area (Å²) in [6, 6.07) is 7.97. The SMILES string of the molecule is NC1(C(=O)N2CCC[C@@H](c3ccc(Cl)cc3)C2)CC1. The van der Waals surface area contributed by atoms with Crippen LogP contribution in [0.15, 0.2) is 24.3 Å². The van der Waals surface area contributed by atoms with E-state index >= 15 is 0 Å². The molecule has 0 radical (unpaired) electrons. The van der Waals surface area contributed by atoms with E-state index in [4.69, 9.17) is 17.3 Å². The van der Waals surface area contributed by atoms with Crippen molar-refractivity contribution in [2.45, 2.75) is 37.1 Å². The summed E-state index contributed by atoms with van der Waals surface area (Å²) in [4.78, 5) is 14.2. The van der Waals surface area contributed by atoms with Gasteiger partial charge in [-0.2, -0.15) is 0 Å². The van der Waals surface area contributed by atoms with Crippen molar-refractivity contribution < 1.29 is 4.79 Å². The molecule has 1 saturated heterocycles. The number of likely N-dealkylation sites (tertiary alicyclic amines) is 1. The Morgan fingerprint density at radius 2 is 2.00 bits per heavy atom. The van der Waals surface area contributed by atoms with Gasteiger partial charge in [0.2, 0.25) is 5.91 Å². The van der Waals surface area contributed by atoms with Gasteiger partial charge in [-0.25, -0.2) is 0 Å². The number of carbonyl (C=O) groups is 1. The summed E-state index contributed by atoms with van der Waals surface area (Å²) < 4.78 is 0. The zero-order valence-electron chi connectivity index (χ0n) is 10.9. The summed E-state index contributed by atoms with van der Waals surface area (Å²) in [5.74, 6) is 0.559. The third kappa shape index (κ3) is 2.63. The topological polar surface area (TPSA) is 46.3 Å². The molecule has 3 nitrogen and oxygen atoms in total. The van der Waals surface area contributed by atoms with E-state index in [0.717, 1.165) is 43.8 Å². The first kappa shape index (κ1) is 12.9. The van der Waals surface area contributed by atoms with Crippen LogP contribution in [0.4, 0.5) is 0 Å². The number of hydrogen-bond donors (Lipinski definition) is 1. The quantitative estimate of drug-likeness (QED) is 0.904. The maximum atomic E-state index is 12.3. The third-order valence-corrected chi connectivity index (χ3v) is 4.52. The molecule has 0 unspecified atom stereocenters. The largest absolute Gasteiger partial charge is 0.340 e. The van der Waals surface area contributed by atoms with Gasteiger partial charge >= 0.3 is 0 Å². The number of nitrogens with two attached hydrogens (primary N) is 1. The number of amides is 1. The lowest BCUT2D eigenvalue weighted by atomic mass is 9.90. The van der Waals surface area contributed by atoms with Crippen LogP contribution in [0.25, 0.3) is 0 Å². The molecule has 1 aliphatic carbocycles. The highest BCUT2D eigenvalue weighted by molar-refractivity contribution is 6.30. The van der Waals surface area contributed by atoms with Crippen LogP contribution >= 0.6 is 11.6 Å². The van der Waals surface area contributed by atoms with Crippen molar-refractivity contribution in [1.82, 2.24) is 4.90 Å². The molecule has 1 aromatic rings. The predicted octanol–water partition coefficient (Wildman–Crippen LogP) is 2.54. The zero-order chi connectivity index (χ0) is 13.5. The lowest BCUT2D eigenvalue weighted by Gasteiger charge is -2.34. The van der Waals surface area contributed by atoms with Crippen LogP contribution < -0.4 is 5.73 Å². The maximum absolute atomic E-state index is 12.3. The molecular weight excluding hydrogens is 260 g/mol. The van der Waals surface area contributed by atoms with Gasteiger partial charge in [-0.05, 0) is 43.4 Å². The summed E-state index contributed by atoms with van der Waals surface area (Å²) in [6.45, 7) is 1.64. The first-order chi connectivity index (χ1) is 9.08. The second-order valence-corrected chi connectivity index (χ2v) is 6.23. The van der Waals surface area contributed by atoms with E-state index < -0.39 is 5.54 Å². The van der Waals surface area contributed by atoms with Crippen molar-refractivity contribution in [3.8, 4) is 0 Å². The molecule has 19 heavy (non-hydrogen) atoms. The summed E-state index contributed by atoms with van der Waals surface area (Å²) in [5.41, 5.74) is 6.74. The Morgan fingerprint density at radius 3 is 2.63 bits per heavy atom. The van der Waals surface area contributed by atoms with Crippen molar-refractivity contribution in [1.29, 1.82) is 0 Å². The minimum atomic E-state index is -0.540. The molecule has 2 N–H and O–H groups in total. The average Bonchev–Trinajstić information content (AvgIpc) is 3.18. The Bertz CT molecular complexity index is 481. The summed E-state index contributed by atoms with van der Waals surface area (Å²) in [6.07, 6.45) is 3.86. The summed E-state index contributed by atoms with van der Waals surface area (Å²) in [5, 5.41) is 0.756. The van der Waals surface area contributed by atoms with E-state index in [9.17, 15) is 4.79 Å². The van der Waals surface area contributed by atoms with Crippen LogP contribution in [0.2, 0.25) is 5.02 Å². The second kappa shape index (κ2) is 4.80. The Hall–Kier alpha value is -1.06. The van der Waals surface area contributed by atoms with Crippen LogP contribution in [0, 0.1) is 0 Å². The zero-order valence-corrected chi connectivity index (χ0v) is 11.7. The molecule has 1 saturated carbocycles. The van der Waals surface area contributed by atoms with E-state index in [2.05, 4.69) is 12.1 Å². The van der Waals surface area contributed by atoms with E-state index in [0.29, 0.717) is 5.92 Å². The molecule has 2 fully saturated rings. The van der Waals surface area contributed by atoms with Crippen LogP contribution in [0.3, 0.4) is 0 Å². The van der Waals surface area contributed by atoms with Crippen molar-refractivity contribution >= 4 is 17.5 Å². The summed E-state index contributed by atoms with van der Waals surface area (Å²) in [7, 11) is 0. The minimum Gasteiger partial charge on any atom is -0.340 e. The molecule has 102 valence electrons. The molecule has 0 aromatic heterocycles. The number of carbonyl (C=O) groups excluding carboxylic acids is 1. The van der Waals surface area contributed by atoms with Crippen molar-refractivity contribution in [2.75, 3.05) is 13.1 Å². The van der Waals surface area contributed by atoms with Crippen LogP contribution in [-0.2, 0) is 4.79 Å². The standard InChI is InChI=1S/C15H19ClN2O/c16-13-5-3-11(4-6-13)12-2-1-9-18(10-12)14(19)15(17)7-8-15/h3-6,12H,1-2,7-10,17H2/t12-/m1/s1. The van der Waals surface area contributed by atoms with Gasteiger partial charge in [0.05, 0.1) is 5.54 Å². The van der Waals surface area contributed by atoms with Gasteiger partial charge in [0.25, 0.3) is 0 Å². The molecule has 1 aromatic carbocycles. The van der Waals surface area contributed by atoms with Gasteiger partial charge in [0, 0.05) is 24.0 Å². The van der Waals surface area contributed by atoms with Gasteiger partial charge in [0.15, 0.2) is 0 Å². The number of benzene rings is 1. The van der Waals surface area contributed by atoms with Gasteiger partial charge in [-0.3, -0.25) is 4.79 Å².